The van der Waals surface area contributed by atoms with Crippen molar-refractivity contribution in [3.8, 4) is 0 Å². The summed E-state index contributed by atoms with van der Waals surface area (Å²) in [7, 11) is 0. The predicted octanol–water partition coefficient (Wildman–Crippen LogP) is 3.64. The Kier molecular flexibility index (Phi) is 2.47. The van der Waals surface area contributed by atoms with Crippen molar-refractivity contribution in [3.05, 3.63) is 20.3 Å². The molecule has 2 rings (SSSR count). The Balaban J connectivity index is 2.35. The molecule has 0 aromatic carbocycles. The van der Waals surface area contributed by atoms with Gasteiger partial charge in [-0.15, -0.1) is 11.3 Å². The number of aliphatic carboxylic acids is 1. The Morgan fingerprint density at radius 2 is 2.20 bits per heavy atom. The Morgan fingerprint density at radius 3 is 2.53 bits per heavy atom. The zero-order chi connectivity index (χ0) is 11.4. The number of rotatable bonds is 2. The van der Waals surface area contributed by atoms with Crippen molar-refractivity contribution in [1.29, 1.82) is 0 Å². The fraction of sp³-hybridized carbons (Fsp3) is 0.545. The van der Waals surface area contributed by atoms with E-state index in [-0.39, 0.29) is 17.3 Å². The molecule has 1 heterocycles. The molecule has 1 N–H and O–H groups in total. The van der Waals surface area contributed by atoms with Gasteiger partial charge in [-0.2, -0.15) is 0 Å². The minimum Gasteiger partial charge on any atom is -0.481 e. The van der Waals surface area contributed by atoms with Gasteiger partial charge in [-0.05, 0) is 34.3 Å². The second-order valence-electron chi connectivity index (χ2n) is 4.68. The van der Waals surface area contributed by atoms with Crippen molar-refractivity contribution in [1.82, 2.24) is 0 Å². The van der Waals surface area contributed by atoms with Gasteiger partial charge in [0.15, 0.2) is 0 Å². The van der Waals surface area contributed by atoms with E-state index in [0.717, 1.165) is 4.47 Å². The third-order valence-electron chi connectivity index (χ3n) is 3.21. The Bertz CT molecular complexity index is 422. The molecule has 0 bridgehead atoms. The van der Waals surface area contributed by atoms with Gasteiger partial charge in [-0.3, -0.25) is 4.79 Å². The van der Waals surface area contributed by atoms with Gasteiger partial charge in [-0.1, -0.05) is 13.8 Å². The summed E-state index contributed by atoms with van der Waals surface area (Å²) in [4.78, 5) is 13.5. The monoisotopic (exact) mass is 288 g/mol. The first-order valence-electron chi connectivity index (χ1n) is 4.84. The Hall–Kier alpha value is -0.350. The molecule has 0 radical (unpaired) electrons. The highest BCUT2D eigenvalue weighted by Crippen LogP contribution is 2.66. The number of carbonyl (C=O) groups is 1. The normalized spacial score (nSPS) is 27.7. The van der Waals surface area contributed by atoms with Crippen LogP contribution in [-0.2, 0) is 4.79 Å². The highest BCUT2D eigenvalue weighted by Gasteiger charge is 2.63. The molecule has 1 aliphatic carbocycles. The van der Waals surface area contributed by atoms with Crippen molar-refractivity contribution >= 4 is 33.2 Å². The van der Waals surface area contributed by atoms with Crippen molar-refractivity contribution in [3.63, 3.8) is 0 Å². The number of thiophene rings is 1. The Labute approximate surface area is 101 Å². The Morgan fingerprint density at radius 1 is 1.60 bits per heavy atom. The van der Waals surface area contributed by atoms with Gasteiger partial charge in [-0.25, -0.2) is 0 Å². The summed E-state index contributed by atoms with van der Waals surface area (Å²) in [5.41, 5.74) is -0.106. The van der Waals surface area contributed by atoms with Gasteiger partial charge >= 0.3 is 5.97 Å². The SMILES string of the molecule is Cc1cc(Br)c(C2C(C(=O)O)C2(C)C)s1. The number of hydrogen-bond donors (Lipinski definition) is 1. The maximum Gasteiger partial charge on any atom is 0.307 e. The van der Waals surface area contributed by atoms with Crippen LogP contribution in [0.4, 0.5) is 0 Å². The molecule has 1 aliphatic rings. The molecule has 0 spiro atoms. The maximum atomic E-state index is 11.1. The summed E-state index contributed by atoms with van der Waals surface area (Å²) < 4.78 is 1.06. The lowest BCUT2D eigenvalue weighted by Gasteiger charge is -1.99. The molecule has 2 unspecified atom stereocenters. The quantitative estimate of drug-likeness (QED) is 0.902. The molecule has 1 aromatic heterocycles. The van der Waals surface area contributed by atoms with Gasteiger partial charge in [0.05, 0.1) is 5.92 Å². The molecular formula is C11H13BrO2S. The minimum atomic E-state index is -0.678. The van der Waals surface area contributed by atoms with E-state index >= 15 is 0 Å². The zero-order valence-corrected chi connectivity index (χ0v) is 11.3. The van der Waals surface area contributed by atoms with Crippen LogP contribution in [0.2, 0.25) is 0 Å². The molecule has 1 saturated carbocycles. The molecule has 1 aromatic rings. The lowest BCUT2D eigenvalue weighted by atomic mass is 10.1. The summed E-state index contributed by atoms with van der Waals surface area (Å²) >= 11 is 5.20. The maximum absolute atomic E-state index is 11.1. The first-order valence-corrected chi connectivity index (χ1v) is 6.45. The lowest BCUT2D eigenvalue weighted by molar-refractivity contribution is -0.139. The van der Waals surface area contributed by atoms with Gasteiger partial charge in [0.1, 0.15) is 0 Å². The fourth-order valence-corrected chi connectivity index (χ4v) is 4.53. The summed E-state index contributed by atoms with van der Waals surface area (Å²) in [5, 5.41) is 9.11. The molecule has 2 atom stereocenters. The zero-order valence-electron chi connectivity index (χ0n) is 8.87. The van der Waals surface area contributed by atoms with Crippen LogP contribution >= 0.6 is 27.3 Å². The molecule has 2 nitrogen and oxygen atoms in total. The number of aryl methyl sites for hydroxylation is 1. The van der Waals surface area contributed by atoms with E-state index in [9.17, 15) is 4.79 Å². The first kappa shape index (κ1) is 11.1. The van der Waals surface area contributed by atoms with Gasteiger partial charge in [0.2, 0.25) is 0 Å². The van der Waals surface area contributed by atoms with E-state index in [0.29, 0.717) is 0 Å². The van der Waals surface area contributed by atoms with E-state index in [2.05, 4.69) is 22.0 Å². The highest BCUT2D eigenvalue weighted by molar-refractivity contribution is 9.10. The third-order valence-corrected chi connectivity index (χ3v) is 5.26. The largest absolute Gasteiger partial charge is 0.481 e. The summed E-state index contributed by atoms with van der Waals surface area (Å²) in [6.45, 7) is 6.10. The van der Waals surface area contributed by atoms with Crippen LogP contribution in [-0.4, -0.2) is 11.1 Å². The van der Waals surface area contributed by atoms with Crippen molar-refractivity contribution in [2.24, 2.45) is 11.3 Å². The molecular weight excluding hydrogens is 276 g/mol. The van der Waals surface area contributed by atoms with E-state index in [1.165, 1.54) is 9.75 Å². The van der Waals surface area contributed by atoms with Crippen LogP contribution in [0.5, 0.6) is 0 Å². The van der Waals surface area contributed by atoms with Crippen LogP contribution in [0.1, 0.15) is 29.5 Å². The van der Waals surface area contributed by atoms with Crippen LogP contribution in [0.25, 0.3) is 0 Å². The van der Waals surface area contributed by atoms with E-state index in [4.69, 9.17) is 5.11 Å². The molecule has 0 aliphatic heterocycles. The molecule has 1 fully saturated rings. The predicted molar refractivity (Wildman–Crippen MR) is 64.4 cm³/mol. The molecule has 82 valence electrons. The molecule has 0 amide bonds. The number of carboxylic acid groups (broad SMARTS) is 1. The average Bonchev–Trinajstić information content (AvgIpc) is 2.48. The number of hydrogen-bond acceptors (Lipinski definition) is 2. The average molecular weight is 289 g/mol. The van der Waals surface area contributed by atoms with Gasteiger partial charge < -0.3 is 5.11 Å². The van der Waals surface area contributed by atoms with Crippen molar-refractivity contribution < 1.29 is 9.90 Å². The third kappa shape index (κ3) is 1.64. The smallest absolute Gasteiger partial charge is 0.307 e. The van der Waals surface area contributed by atoms with Gasteiger partial charge in [0, 0.05) is 20.1 Å². The second-order valence-corrected chi connectivity index (χ2v) is 6.83. The fourth-order valence-electron chi connectivity index (χ4n) is 2.30. The summed E-state index contributed by atoms with van der Waals surface area (Å²) in [6, 6.07) is 2.06. The van der Waals surface area contributed by atoms with Crippen molar-refractivity contribution in [2.45, 2.75) is 26.7 Å². The molecule has 4 heteroatoms. The highest BCUT2D eigenvalue weighted by atomic mass is 79.9. The van der Waals surface area contributed by atoms with Crippen LogP contribution in [0, 0.1) is 18.3 Å². The first-order chi connectivity index (χ1) is 6.85. The second kappa shape index (κ2) is 3.32. The van der Waals surface area contributed by atoms with Crippen LogP contribution in [0.15, 0.2) is 10.5 Å². The summed E-state index contributed by atoms with van der Waals surface area (Å²) in [5.74, 6) is -0.738. The van der Waals surface area contributed by atoms with E-state index in [1.54, 1.807) is 11.3 Å². The van der Waals surface area contributed by atoms with Crippen molar-refractivity contribution in [2.75, 3.05) is 0 Å². The topological polar surface area (TPSA) is 37.3 Å². The molecule has 15 heavy (non-hydrogen) atoms. The minimum absolute atomic E-state index is 0.106. The lowest BCUT2D eigenvalue weighted by Crippen LogP contribution is -2.02. The van der Waals surface area contributed by atoms with Crippen LogP contribution < -0.4 is 0 Å². The summed E-state index contributed by atoms with van der Waals surface area (Å²) in [6.07, 6.45) is 0. The molecule has 0 saturated heterocycles. The number of carboxylic acids is 1. The van der Waals surface area contributed by atoms with E-state index < -0.39 is 5.97 Å². The van der Waals surface area contributed by atoms with Gasteiger partial charge in [0.25, 0.3) is 0 Å². The van der Waals surface area contributed by atoms with Crippen LogP contribution in [0.3, 0.4) is 0 Å². The van der Waals surface area contributed by atoms with E-state index in [1.807, 2.05) is 20.8 Å². The number of halogens is 1. The standard InChI is InChI=1S/C11H13BrO2S/c1-5-4-6(12)9(15-5)7-8(10(13)14)11(7,2)3/h4,7-8H,1-3H3,(H,13,14).